The minimum absolute atomic E-state index is 0.820. The summed E-state index contributed by atoms with van der Waals surface area (Å²) in [6.07, 6.45) is 6.68. The lowest BCUT2D eigenvalue weighted by Crippen LogP contribution is -2.00. The van der Waals surface area contributed by atoms with E-state index in [9.17, 15) is 0 Å². The van der Waals surface area contributed by atoms with Gasteiger partial charge in [-0.15, -0.1) is 0 Å². The van der Waals surface area contributed by atoms with Crippen LogP contribution < -0.4 is 5.32 Å². The molecule has 0 spiro atoms. The number of H-pyrrole nitrogens is 1. The van der Waals surface area contributed by atoms with Crippen molar-refractivity contribution in [2.24, 2.45) is 0 Å². The van der Waals surface area contributed by atoms with Crippen LogP contribution in [0.25, 0.3) is 0 Å². The Kier molecular flexibility index (Phi) is 5.75. The highest BCUT2D eigenvalue weighted by molar-refractivity contribution is 7.99. The monoisotopic (exact) mass is 276 g/mol. The zero-order valence-corrected chi connectivity index (χ0v) is 12.0. The average Bonchev–Trinajstić information content (AvgIpc) is 2.93. The van der Waals surface area contributed by atoms with Gasteiger partial charge < -0.3 is 5.32 Å². The summed E-state index contributed by atoms with van der Waals surface area (Å²) in [6.45, 7) is 3.28. The number of aromatic nitrogens is 3. The fourth-order valence-corrected chi connectivity index (χ4v) is 2.47. The Labute approximate surface area is 118 Å². The third-order valence-electron chi connectivity index (χ3n) is 2.82. The number of hydrogen-bond acceptors (Lipinski definition) is 4. The molecule has 1 aromatic heterocycles. The number of hydrogen-bond donors (Lipinski definition) is 2. The maximum Gasteiger partial charge on any atom is 0.188 e. The van der Waals surface area contributed by atoms with Crippen LogP contribution in [0.3, 0.4) is 0 Å². The molecular weight excluding hydrogens is 256 g/mol. The first kappa shape index (κ1) is 13.9. The summed E-state index contributed by atoms with van der Waals surface area (Å²) < 4.78 is 0. The van der Waals surface area contributed by atoms with Gasteiger partial charge in [0.25, 0.3) is 0 Å². The quantitative estimate of drug-likeness (QED) is 0.717. The van der Waals surface area contributed by atoms with Gasteiger partial charge in [0.2, 0.25) is 0 Å². The first-order valence-corrected chi connectivity index (χ1v) is 7.57. The first-order chi connectivity index (χ1) is 9.38. The number of nitrogens with zero attached hydrogens (tertiary/aromatic N) is 2. The zero-order chi connectivity index (χ0) is 13.3. The summed E-state index contributed by atoms with van der Waals surface area (Å²) in [4.78, 5) is 5.25. The van der Waals surface area contributed by atoms with Gasteiger partial charge in [0.05, 0.1) is 0 Å². The molecule has 0 aliphatic carbocycles. The molecule has 2 rings (SSSR count). The highest BCUT2D eigenvalue weighted by Crippen LogP contribution is 2.25. The number of nitrogens with one attached hydrogen (secondary N) is 2. The van der Waals surface area contributed by atoms with Crippen LogP contribution in [-0.4, -0.2) is 21.7 Å². The van der Waals surface area contributed by atoms with Crippen molar-refractivity contribution in [2.45, 2.75) is 42.7 Å². The van der Waals surface area contributed by atoms with Gasteiger partial charge in [0.15, 0.2) is 5.16 Å². The SMILES string of the molecule is CCCCCCNc1ccc(Sc2ncn[nH]2)cc1. The van der Waals surface area contributed by atoms with E-state index in [0.29, 0.717) is 0 Å². The summed E-state index contributed by atoms with van der Waals surface area (Å²) in [5.41, 5.74) is 1.18. The number of unbranched alkanes of at least 4 members (excludes halogenated alkanes) is 3. The molecule has 19 heavy (non-hydrogen) atoms. The summed E-state index contributed by atoms with van der Waals surface area (Å²) in [7, 11) is 0. The van der Waals surface area contributed by atoms with E-state index in [1.807, 2.05) is 0 Å². The number of aromatic amines is 1. The van der Waals surface area contributed by atoms with Crippen LogP contribution in [0.2, 0.25) is 0 Å². The van der Waals surface area contributed by atoms with Gasteiger partial charge in [-0.2, -0.15) is 5.10 Å². The molecule has 0 saturated carbocycles. The topological polar surface area (TPSA) is 53.6 Å². The van der Waals surface area contributed by atoms with Crippen LogP contribution in [0.1, 0.15) is 32.6 Å². The fourth-order valence-electron chi connectivity index (χ4n) is 1.78. The second-order valence-electron chi connectivity index (χ2n) is 4.40. The van der Waals surface area contributed by atoms with Gasteiger partial charge >= 0.3 is 0 Å². The second-order valence-corrected chi connectivity index (χ2v) is 5.47. The molecule has 0 aliphatic rings. The van der Waals surface area contributed by atoms with E-state index >= 15 is 0 Å². The van der Waals surface area contributed by atoms with Crippen LogP contribution in [0.15, 0.2) is 40.6 Å². The highest BCUT2D eigenvalue weighted by atomic mass is 32.2. The molecular formula is C14H20N4S. The molecule has 102 valence electrons. The zero-order valence-electron chi connectivity index (χ0n) is 11.2. The number of anilines is 1. The molecule has 0 unspecified atom stereocenters. The molecule has 1 aromatic carbocycles. The van der Waals surface area contributed by atoms with E-state index < -0.39 is 0 Å². The molecule has 2 N–H and O–H groups in total. The number of rotatable bonds is 8. The predicted octanol–water partition coefficient (Wildman–Crippen LogP) is 3.95. The third-order valence-corrected chi connectivity index (χ3v) is 3.72. The molecule has 0 amide bonds. The Morgan fingerprint density at radius 3 is 2.68 bits per heavy atom. The van der Waals surface area contributed by atoms with Gasteiger partial charge in [-0.25, -0.2) is 4.98 Å². The van der Waals surface area contributed by atoms with Gasteiger partial charge in [0.1, 0.15) is 6.33 Å². The lowest BCUT2D eigenvalue weighted by atomic mass is 10.2. The minimum atomic E-state index is 0.820. The molecule has 2 aromatic rings. The average molecular weight is 276 g/mol. The van der Waals surface area contributed by atoms with Crippen LogP contribution >= 0.6 is 11.8 Å². The van der Waals surface area contributed by atoms with Gasteiger partial charge in [-0.1, -0.05) is 37.9 Å². The van der Waals surface area contributed by atoms with E-state index in [0.717, 1.165) is 16.6 Å². The van der Waals surface area contributed by atoms with Crippen molar-refractivity contribution in [1.82, 2.24) is 15.2 Å². The maximum atomic E-state index is 4.09. The van der Waals surface area contributed by atoms with Crippen LogP contribution in [0.5, 0.6) is 0 Å². The van der Waals surface area contributed by atoms with E-state index in [2.05, 4.69) is 51.7 Å². The molecule has 0 fully saturated rings. The van der Waals surface area contributed by atoms with Crippen LogP contribution in [-0.2, 0) is 0 Å². The summed E-state index contributed by atoms with van der Waals surface area (Å²) in [5, 5.41) is 10.9. The first-order valence-electron chi connectivity index (χ1n) is 6.75. The third kappa shape index (κ3) is 4.95. The Morgan fingerprint density at radius 2 is 2.00 bits per heavy atom. The molecule has 0 radical (unpaired) electrons. The highest BCUT2D eigenvalue weighted by Gasteiger charge is 1.99. The fraction of sp³-hybridized carbons (Fsp3) is 0.429. The van der Waals surface area contributed by atoms with Crippen molar-refractivity contribution < 1.29 is 0 Å². The van der Waals surface area contributed by atoms with E-state index in [4.69, 9.17) is 0 Å². The van der Waals surface area contributed by atoms with Gasteiger partial charge in [-0.05, 0) is 30.7 Å². The lowest BCUT2D eigenvalue weighted by molar-refractivity contribution is 0.685. The molecule has 1 heterocycles. The van der Waals surface area contributed by atoms with Crippen molar-refractivity contribution in [3.63, 3.8) is 0 Å². The molecule has 0 aliphatic heterocycles. The van der Waals surface area contributed by atoms with E-state index in [1.165, 1.54) is 37.7 Å². The maximum absolute atomic E-state index is 4.09. The van der Waals surface area contributed by atoms with Gasteiger partial charge in [0, 0.05) is 17.1 Å². The Balaban J connectivity index is 1.75. The van der Waals surface area contributed by atoms with Gasteiger partial charge in [-0.3, -0.25) is 5.10 Å². The minimum Gasteiger partial charge on any atom is -0.385 e. The largest absolute Gasteiger partial charge is 0.385 e. The van der Waals surface area contributed by atoms with E-state index in [1.54, 1.807) is 11.8 Å². The van der Waals surface area contributed by atoms with Crippen molar-refractivity contribution in [3.8, 4) is 0 Å². The smallest absolute Gasteiger partial charge is 0.188 e. The molecule has 0 bridgehead atoms. The van der Waals surface area contributed by atoms with Crippen molar-refractivity contribution in [2.75, 3.05) is 11.9 Å². The molecule has 5 heteroatoms. The summed E-state index contributed by atoms with van der Waals surface area (Å²) >= 11 is 1.58. The molecule has 0 saturated heterocycles. The van der Waals surface area contributed by atoms with Crippen LogP contribution in [0, 0.1) is 0 Å². The standard InChI is InChI=1S/C14H20N4S/c1-2-3-4-5-10-15-12-6-8-13(9-7-12)19-14-16-11-17-18-14/h6-9,11,15H,2-5,10H2,1H3,(H,16,17,18). The number of benzene rings is 1. The predicted molar refractivity (Wildman–Crippen MR) is 79.6 cm³/mol. The Bertz CT molecular complexity index is 453. The van der Waals surface area contributed by atoms with Crippen molar-refractivity contribution in [3.05, 3.63) is 30.6 Å². The van der Waals surface area contributed by atoms with E-state index in [-0.39, 0.29) is 0 Å². The summed E-state index contributed by atoms with van der Waals surface area (Å²) in [5.74, 6) is 0. The Morgan fingerprint density at radius 1 is 1.16 bits per heavy atom. The van der Waals surface area contributed by atoms with Crippen molar-refractivity contribution in [1.29, 1.82) is 0 Å². The molecule has 0 atom stereocenters. The van der Waals surface area contributed by atoms with Crippen LogP contribution in [0.4, 0.5) is 5.69 Å². The van der Waals surface area contributed by atoms with Crippen molar-refractivity contribution >= 4 is 17.4 Å². The summed E-state index contributed by atoms with van der Waals surface area (Å²) in [6, 6.07) is 8.42. The Hall–Kier alpha value is -1.49. The lowest BCUT2D eigenvalue weighted by Gasteiger charge is -2.06. The normalized spacial score (nSPS) is 10.6. The second kappa shape index (κ2) is 7.84. The molecule has 4 nitrogen and oxygen atoms in total.